The number of hydrogen-bond acceptors (Lipinski definition) is 4. The van der Waals surface area contributed by atoms with Gasteiger partial charge in [0.05, 0.1) is 0 Å². The minimum absolute atomic E-state index is 0.102. The standard InChI is InChI=1S/C20H29NO3P/c1-17(2)21(18(3)4)25(22,23-15-19-11-7-5-8-12-19)24-16-20-13-9-6-10-14-20/h5-14,17-18,22H,15-16H2,1-4H3/q+1. The fraction of sp³-hybridized carbons (Fsp3) is 0.400. The van der Waals surface area contributed by atoms with E-state index in [2.05, 4.69) is 0 Å². The Bertz CT molecular complexity index is 568. The maximum atomic E-state index is 11.3. The van der Waals surface area contributed by atoms with Crippen molar-refractivity contribution in [2.24, 2.45) is 0 Å². The van der Waals surface area contributed by atoms with Crippen LogP contribution in [-0.4, -0.2) is 21.6 Å². The lowest BCUT2D eigenvalue weighted by Gasteiger charge is -2.32. The molecular weight excluding hydrogens is 333 g/mol. The second-order valence-electron chi connectivity index (χ2n) is 6.58. The number of hydrogen-bond donors (Lipinski definition) is 1. The van der Waals surface area contributed by atoms with Gasteiger partial charge in [0.1, 0.15) is 13.2 Å². The summed E-state index contributed by atoms with van der Waals surface area (Å²) in [7, 11) is -3.19. The molecule has 0 spiro atoms. The molecule has 2 aromatic carbocycles. The molecule has 0 saturated heterocycles. The number of nitrogens with zero attached hydrogens (tertiary/aromatic N) is 1. The molecule has 0 aliphatic carbocycles. The van der Waals surface area contributed by atoms with Crippen molar-refractivity contribution in [3.05, 3.63) is 71.8 Å². The first-order valence-electron chi connectivity index (χ1n) is 8.70. The van der Waals surface area contributed by atoms with Crippen LogP contribution in [-0.2, 0) is 22.3 Å². The minimum atomic E-state index is -3.19. The Labute approximate surface area is 152 Å². The van der Waals surface area contributed by atoms with E-state index in [-0.39, 0.29) is 12.1 Å². The first-order chi connectivity index (χ1) is 11.9. The van der Waals surface area contributed by atoms with Crippen LogP contribution in [0.3, 0.4) is 0 Å². The van der Waals surface area contributed by atoms with Crippen LogP contribution in [0.15, 0.2) is 60.7 Å². The minimum Gasteiger partial charge on any atom is -0.177 e. The van der Waals surface area contributed by atoms with E-state index in [1.54, 1.807) is 0 Å². The van der Waals surface area contributed by atoms with Crippen LogP contribution in [0, 0.1) is 0 Å². The van der Waals surface area contributed by atoms with Crippen LogP contribution in [0.25, 0.3) is 0 Å². The van der Waals surface area contributed by atoms with E-state index < -0.39 is 8.09 Å². The average Bonchev–Trinajstić information content (AvgIpc) is 2.59. The SMILES string of the molecule is CC(C)N(C(C)C)[P+](O)(OCc1ccccc1)OCc1ccccc1. The zero-order valence-electron chi connectivity index (χ0n) is 15.5. The highest BCUT2D eigenvalue weighted by molar-refractivity contribution is 7.58. The largest absolute Gasteiger partial charge is 0.502 e. The fourth-order valence-electron chi connectivity index (χ4n) is 2.82. The second kappa shape index (κ2) is 9.42. The quantitative estimate of drug-likeness (QED) is 0.622. The Balaban J connectivity index is 2.16. The molecule has 0 radical (unpaired) electrons. The van der Waals surface area contributed by atoms with Crippen molar-refractivity contribution in [2.45, 2.75) is 53.0 Å². The maximum Gasteiger partial charge on any atom is 0.502 e. The van der Waals surface area contributed by atoms with Crippen molar-refractivity contribution in [3.63, 3.8) is 0 Å². The van der Waals surface area contributed by atoms with Crippen molar-refractivity contribution in [3.8, 4) is 0 Å². The summed E-state index contributed by atoms with van der Waals surface area (Å²) >= 11 is 0. The molecule has 0 unspecified atom stereocenters. The van der Waals surface area contributed by atoms with E-state index in [4.69, 9.17) is 9.05 Å². The summed E-state index contributed by atoms with van der Waals surface area (Å²) in [5.74, 6) is 0. The van der Waals surface area contributed by atoms with Crippen LogP contribution in [0.4, 0.5) is 0 Å². The summed E-state index contributed by atoms with van der Waals surface area (Å²) in [6, 6.07) is 19.9. The third-order valence-corrected chi connectivity index (χ3v) is 6.27. The molecule has 5 heteroatoms. The first kappa shape index (κ1) is 20.0. The fourth-order valence-corrected chi connectivity index (χ4v) is 4.96. The topological polar surface area (TPSA) is 41.9 Å². The van der Waals surface area contributed by atoms with E-state index >= 15 is 0 Å². The van der Waals surface area contributed by atoms with Gasteiger partial charge in [-0.1, -0.05) is 65.3 Å². The van der Waals surface area contributed by atoms with Gasteiger partial charge in [-0.05, 0) is 38.8 Å². The Morgan fingerprint density at radius 3 is 1.44 bits per heavy atom. The van der Waals surface area contributed by atoms with Gasteiger partial charge in [-0.25, -0.2) is 0 Å². The monoisotopic (exact) mass is 362 g/mol. The molecule has 0 aromatic heterocycles. The zero-order chi connectivity index (χ0) is 18.3. The van der Waals surface area contributed by atoms with Crippen LogP contribution in [0.5, 0.6) is 0 Å². The lowest BCUT2D eigenvalue weighted by molar-refractivity contribution is 0.0915. The molecule has 0 atom stereocenters. The summed E-state index contributed by atoms with van der Waals surface area (Å²) < 4.78 is 13.9. The molecule has 136 valence electrons. The Kier molecular flexibility index (Phi) is 7.55. The summed E-state index contributed by atoms with van der Waals surface area (Å²) in [6.07, 6.45) is 0. The number of benzene rings is 2. The Morgan fingerprint density at radius 2 is 1.12 bits per heavy atom. The highest BCUT2D eigenvalue weighted by Crippen LogP contribution is 2.63. The molecule has 0 amide bonds. The second-order valence-corrected chi connectivity index (χ2v) is 8.54. The molecule has 1 N–H and O–H groups in total. The molecule has 0 aliphatic heterocycles. The summed E-state index contributed by atoms with van der Waals surface area (Å²) in [5.41, 5.74) is 2.02. The smallest absolute Gasteiger partial charge is 0.177 e. The van der Waals surface area contributed by atoms with Crippen molar-refractivity contribution in [2.75, 3.05) is 0 Å². The zero-order valence-corrected chi connectivity index (χ0v) is 16.4. The lowest BCUT2D eigenvalue weighted by atomic mass is 10.2. The van der Waals surface area contributed by atoms with Gasteiger partial charge >= 0.3 is 8.09 Å². The molecule has 0 bridgehead atoms. The van der Waals surface area contributed by atoms with Crippen molar-refractivity contribution in [1.82, 2.24) is 4.67 Å². The molecule has 4 nitrogen and oxygen atoms in total. The van der Waals surface area contributed by atoms with E-state index in [1.165, 1.54) is 0 Å². The van der Waals surface area contributed by atoms with Crippen LogP contribution < -0.4 is 0 Å². The predicted molar refractivity (Wildman–Crippen MR) is 104 cm³/mol. The van der Waals surface area contributed by atoms with E-state index in [0.29, 0.717) is 13.2 Å². The van der Waals surface area contributed by atoms with Gasteiger partial charge in [0, 0.05) is 12.1 Å². The van der Waals surface area contributed by atoms with Gasteiger partial charge in [0.2, 0.25) is 0 Å². The first-order valence-corrected chi connectivity index (χ1v) is 10.2. The van der Waals surface area contributed by atoms with E-state index in [9.17, 15) is 4.89 Å². The van der Waals surface area contributed by atoms with E-state index in [0.717, 1.165) is 11.1 Å². The van der Waals surface area contributed by atoms with Gasteiger partial charge in [-0.2, -0.15) is 13.9 Å². The third-order valence-electron chi connectivity index (χ3n) is 3.83. The Morgan fingerprint density at radius 1 is 0.760 bits per heavy atom. The van der Waals surface area contributed by atoms with Gasteiger partial charge in [0.25, 0.3) is 0 Å². The van der Waals surface area contributed by atoms with Crippen molar-refractivity contribution >= 4 is 8.09 Å². The van der Waals surface area contributed by atoms with Crippen molar-refractivity contribution < 1.29 is 13.9 Å². The highest BCUT2D eigenvalue weighted by atomic mass is 31.2. The molecular formula is C20H29NO3P+. The molecule has 2 rings (SSSR count). The molecule has 0 saturated carbocycles. The van der Waals surface area contributed by atoms with Gasteiger partial charge in [-0.15, -0.1) is 0 Å². The third kappa shape index (κ3) is 5.88. The van der Waals surface area contributed by atoms with Crippen molar-refractivity contribution in [1.29, 1.82) is 0 Å². The lowest BCUT2D eigenvalue weighted by Crippen LogP contribution is -2.38. The molecule has 0 heterocycles. The maximum absolute atomic E-state index is 11.3. The summed E-state index contributed by atoms with van der Waals surface area (Å²) in [6.45, 7) is 8.81. The summed E-state index contributed by atoms with van der Waals surface area (Å²) in [5, 5.41) is 0. The van der Waals surface area contributed by atoms with Gasteiger partial charge in [-0.3, -0.25) is 0 Å². The molecule has 0 aliphatic rings. The predicted octanol–water partition coefficient (Wildman–Crippen LogP) is 5.21. The molecule has 25 heavy (non-hydrogen) atoms. The molecule has 0 fully saturated rings. The van der Waals surface area contributed by atoms with Crippen LogP contribution in [0.2, 0.25) is 0 Å². The van der Waals surface area contributed by atoms with Crippen LogP contribution in [0.1, 0.15) is 38.8 Å². The van der Waals surface area contributed by atoms with Gasteiger partial charge in [0.15, 0.2) is 0 Å². The average molecular weight is 362 g/mol. The normalized spacial score (nSPS) is 12.3. The Hall–Kier alpha value is -1.29. The highest BCUT2D eigenvalue weighted by Gasteiger charge is 2.52. The van der Waals surface area contributed by atoms with Gasteiger partial charge < -0.3 is 0 Å². The number of rotatable bonds is 9. The van der Waals surface area contributed by atoms with Crippen LogP contribution >= 0.6 is 8.09 Å². The molecule has 2 aromatic rings. The summed E-state index contributed by atoms with van der Waals surface area (Å²) in [4.78, 5) is 11.3. The van der Waals surface area contributed by atoms with E-state index in [1.807, 2.05) is 93.0 Å².